The summed E-state index contributed by atoms with van der Waals surface area (Å²) in [5.41, 5.74) is -3.47. The fraction of sp³-hybridized carbons (Fsp3) is 0.143. The molecule has 148 valence electrons. The minimum atomic E-state index is -5.23. The molecule has 27 heavy (non-hydrogen) atoms. The van der Waals surface area contributed by atoms with Crippen molar-refractivity contribution in [2.24, 2.45) is 0 Å². The lowest BCUT2D eigenvalue weighted by Gasteiger charge is -2.13. The highest BCUT2D eigenvalue weighted by Crippen LogP contribution is 2.35. The lowest BCUT2D eigenvalue weighted by molar-refractivity contribution is -0.274. The molecule has 0 amide bonds. The van der Waals surface area contributed by atoms with Gasteiger partial charge >= 0.3 is 18.5 Å². The molecule has 1 aromatic heterocycles. The molecule has 0 radical (unpaired) electrons. The van der Waals surface area contributed by atoms with E-state index in [0.29, 0.717) is 6.20 Å². The third-order valence-corrected chi connectivity index (χ3v) is 2.75. The first-order valence-electron chi connectivity index (χ1n) is 6.41. The van der Waals surface area contributed by atoms with Crippen LogP contribution in [0.25, 0.3) is 0 Å². The van der Waals surface area contributed by atoms with Gasteiger partial charge in [-0.15, -0.1) is 25.6 Å². The molecular weight excluding hydrogens is 415 g/mol. The minimum absolute atomic E-state index is 0. The summed E-state index contributed by atoms with van der Waals surface area (Å²) >= 11 is 0. The Hall–Kier alpha value is -2.76. The van der Waals surface area contributed by atoms with E-state index in [1.54, 1.807) is 0 Å². The van der Waals surface area contributed by atoms with Crippen LogP contribution in [0.15, 0.2) is 30.5 Å². The molecule has 0 bridgehead atoms. The Labute approximate surface area is 151 Å². The van der Waals surface area contributed by atoms with Gasteiger partial charge in [-0.3, -0.25) is 0 Å². The van der Waals surface area contributed by atoms with E-state index in [-0.39, 0.29) is 18.2 Å². The van der Waals surface area contributed by atoms with E-state index in [1.165, 1.54) is 0 Å². The van der Waals surface area contributed by atoms with Crippen LogP contribution in [0.5, 0.6) is 17.2 Å². The van der Waals surface area contributed by atoms with E-state index in [4.69, 9.17) is 9.84 Å². The molecular formula is C14H7ClF7NO4. The molecule has 0 spiro atoms. The first kappa shape index (κ1) is 22.3. The molecule has 2 aromatic rings. The second-order valence-corrected chi connectivity index (χ2v) is 4.58. The number of nitrogens with zero attached hydrogens (tertiary/aromatic N) is 1. The van der Waals surface area contributed by atoms with Gasteiger partial charge in [-0.1, -0.05) is 0 Å². The molecule has 0 saturated heterocycles. The number of carboxylic acid groups (broad SMARTS) is 1. The van der Waals surface area contributed by atoms with Gasteiger partial charge in [0, 0.05) is 0 Å². The van der Waals surface area contributed by atoms with Gasteiger partial charge in [-0.2, -0.15) is 13.2 Å². The smallest absolute Gasteiger partial charge is 0.477 e. The van der Waals surface area contributed by atoms with Gasteiger partial charge in [-0.25, -0.2) is 14.2 Å². The fourth-order valence-electron chi connectivity index (χ4n) is 1.78. The number of hydrogen-bond donors (Lipinski definition) is 1. The second-order valence-electron chi connectivity index (χ2n) is 4.58. The fourth-order valence-corrected chi connectivity index (χ4v) is 1.78. The van der Waals surface area contributed by atoms with Gasteiger partial charge in [0.2, 0.25) is 0 Å². The van der Waals surface area contributed by atoms with Gasteiger partial charge in [0.15, 0.2) is 17.3 Å². The van der Waals surface area contributed by atoms with Gasteiger partial charge < -0.3 is 14.6 Å². The number of rotatable bonds is 4. The third kappa shape index (κ3) is 5.61. The maximum Gasteiger partial charge on any atom is 0.573 e. The molecule has 1 aromatic carbocycles. The zero-order chi connectivity index (χ0) is 19.7. The maximum atomic E-state index is 13.8. The zero-order valence-electron chi connectivity index (χ0n) is 12.6. The summed E-state index contributed by atoms with van der Waals surface area (Å²) in [5.74, 6) is -5.99. The molecule has 0 aliphatic heterocycles. The van der Waals surface area contributed by atoms with Crippen molar-refractivity contribution in [2.75, 3.05) is 0 Å². The quantitative estimate of drug-likeness (QED) is 0.700. The van der Waals surface area contributed by atoms with Crippen LogP contribution in [0.3, 0.4) is 0 Å². The molecule has 5 nitrogen and oxygen atoms in total. The van der Waals surface area contributed by atoms with E-state index in [2.05, 4.69) is 9.72 Å². The standard InChI is InChI=1S/C14H6F7NO4.ClH/c15-10-9(12(23)24)8(5-22-11(10)13(16,17)18)25-6-1-3-7(4-2-6)26-14(19,20)21;/h1-5H,(H,23,24);1H. The van der Waals surface area contributed by atoms with Crippen molar-refractivity contribution < 1.29 is 50.1 Å². The first-order valence-corrected chi connectivity index (χ1v) is 6.41. The Balaban J connectivity index is 0.00000364. The highest BCUT2D eigenvalue weighted by molar-refractivity contribution is 5.91. The predicted octanol–water partition coefficient (Wildman–Crippen LogP) is 5.05. The normalized spacial score (nSPS) is 11.5. The van der Waals surface area contributed by atoms with Gasteiger partial charge in [0.1, 0.15) is 17.1 Å². The number of aromatic nitrogens is 1. The number of benzene rings is 1. The molecule has 0 fully saturated rings. The summed E-state index contributed by atoms with van der Waals surface area (Å²) in [6, 6.07) is 3.42. The molecule has 0 aliphatic carbocycles. The summed E-state index contributed by atoms with van der Waals surface area (Å²) < 4.78 is 96.3. The topological polar surface area (TPSA) is 68.7 Å². The summed E-state index contributed by atoms with van der Waals surface area (Å²) in [7, 11) is 0. The number of carbonyl (C=O) groups is 1. The van der Waals surface area contributed by atoms with Gasteiger partial charge in [-0.05, 0) is 24.3 Å². The average Bonchev–Trinajstić information content (AvgIpc) is 2.46. The summed E-state index contributed by atoms with van der Waals surface area (Å²) in [4.78, 5) is 13.9. The van der Waals surface area contributed by atoms with Crippen LogP contribution in [0.1, 0.15) is 16.1 Å². The van der Waals surface area contributed by atoms with Crippen molar-refractivity contribution in [1.82, 2.24) is 4.98 Å². The molecule has 1 heterocycles. The van der Waals surface area contributed by atoms with Crippen LogP contribution in [0.4, 0.5) is 30.7 Å². The summed E-state index contributed by atoms with van der Waals surface area (Å²) in [6.45, 7) is 0. The Morgan fingerprint density at radius 2 is 1.52 bits per heavy atom. The lowest BCUT2D eigenvalue weighted by Crippen LogP contribution is -2.17. The van der Waals surface area contributed by atoms with Crippen molar-refractivity contribution in [3.63, 3.8) is 0 Å². The van der Waals surface area contributed by atoms with E-state index < -0.39 is 47.1 Å². The van der Waals surface area contributed by atoms with E-state index in [9.17, 15) is 35.5 Å². The van der Waals surface area contributed by atoms with Crippen LogP contribution in [0, 0.1) is 5.82 Å². The minimum Gasteiger partial charge on any atom is -0.477 e. The van der Waals surface area contributed by atoms with Crippen LogP contribution in [0.2, 0.25) is 0 Å². The molecule has 2 rings (SSSR count). The number of aromatic carboxylic acids is 1. The van der Waals surface area contributed by atoms with Crippen LogP contribution < -0.4 is 9.47 Å². The summed E-state index contributed by atoms with van der Waals surface area (Å²) in [5, 5.41) is 8.93. The zero-order valence-corrected chi connectivity index (χ0v) is 13.4. The van der Waals surface area contributed by atoms with Gasteiger partial charge in [0.25, 0.3) is 0 Å². The van der Waals surface area contributed by atoms with Crippen LogP contribution in [-0.4, -0.2) is 22.4 Å². The van der Waals surface area contributed by atoms with Crippen molar-refractivity contribution in [3.05, 3.63) is 47.5 Å². The van der Waals surface area contributed by atoms with Crippen molar-refractivity contribution in [1.29, 1.82) is 0 Å². The number of halogens is 8. The maximum absolute atomic E-state index is 13.8. The Kier molecular flexibility index (Phi) is 6.49. The van der Waals surface area contributed by atoms with E-state index in [1.807, 2.05) is 0 Å². The van der Waals surface area contributed by atoms with Crippen LogP contribution >= 0.6 is 12.4 Å². The summed E-state index contributed by atoms with van der Waals surface area (Å²) in [6.07, 6.45) is -9.84. The van der Waals surface area contributed by atoms with Crippen molar-refractivity contribution >= 4 is 18.4 Å². The van der Waals surface area contributed by atoms with Crippen molar-refractivity contribution in [3.8, 4) is 17.2 Å². The highest BCUT2D eigenvalue weighted by atomic mass is 35.5. The van der Waals surface area contributed by atoms with Crippen molar-refractivity contribution in [2.45, 2.75) is 12.5 Å². The van der Waals surface area contributed by atoms with E-state index in [0.717, 1.165) is 24.3 Å². The predicted molar refractivity (Wildman–Crippen MR) is 76.6 cm³/mol. The molecule has 13 heteroatoms. The largest absolute Gasteiger partial charge is 0.573 e. The molecule has 0 aliphatic rings. The Morgan fingerprint density at radius 1 is 1.00 bits per heavy atom. The first-order chi connectivity index (χ1) is 11.9. The number of pyridine rings is 1. The molecule has 0 atom stereocenters. The third-order valence-electron chi connectivity index (χ3n) is 2.75. The Bertz CT molecular complexity index is 822. The highest BCUT2D eigenvalue weighted by Gasteiger charge is 2.39. The lowest BCUT2D eigenvalue weighted by atomic mass is 10.2. The SMILES string of the molecule is Cl.O=C(O)c1c(Oc2ccc(OC(F)(F)F)cc2)cnc(C(F)(F)F)c1F. The van der Waals surface area contributed by atoms with E-state index >= 15 is 0 Å². The average molecular weight is 422 g/mol. The number of hydrogen-bond acceptors (Lipinski definition) is 4. The number of alkyl halides is 6. The Morgan fingerprint density at radius 3 is 1.96 bits per heavy atom. The monoisotopic (exact) mass is 421 g/mol. The number of ether oxygens (including phenoxy) is 2. The second kappa shape index (κ2) is 7.86. The van der Waals surface area contributed by atoms with Crippen LogP contribution in [-0.2, 0) is 6.18 Å². The molecule has 0 unspecified atom stereocenters. The molecule has 0 saturated carbocycles. The van der Waals surface area contributed by atoms with Gasteiger partial charge in [0.05, 0.1) is 6.20 Å². The number of carboxylic acids is 1. The molecule has 1 N–H and O–H groups in total.